The number of carbonyl (C=O) groups excluding carboxylic acids is 1. The summed E-state index contributed by atoms with van der Waals surface area (Å²) in [6, 6.07) is 7.61. The Morgan fingerprint density at radius 2 is 1.96 bits per heavy atom. The quantitative estimate of drug-likeness (QED) is 0.835. The molecule has 0 radical (unpaired) electrons. The smallest absolute Gasteiger partial charge is 0.255 e. The van der Waals surface area contributed by atoms with E-state index in [0.717, 1.165) is 17.0 Å². The molecule has 0 spiro atoms. The Morgan fingerprint density at radius 3 is 2.62 bits per heavy atom. The van der Waals surface area contributed by atoms with E-state index in [1.165, 1.54) is 12.8 Å². The van der Waals surface area contributed by atoms with Gasteiger partial charge in [0.1, 0.15) is 6.04 Å². The van der Waals surface area contributed by atoms with Crippen LogP contribution in [-0.2, 0) is 6.54 Å². The molecular weight excluding hydrogens is 302 g/mol. The second-order valence-electron chi connectivity index (χ2n) is 7.40. The fraction of sp³-hybridized carbons (Fsp3) is 0.526. The summed E-state index contributed by atoms with van der Waals surface area (Å²) in [5, 5.41) is 4.20. The van der Waals surface area contributed by atoms with Crippen molar-refractivity contribution in [1.82, 2.24) is 15.0 Å². The molecule has 5 nitrogen and oxygen atoms in total. The van der Waals surface area contributed by atoms with Crippen molar-refractivity contribution < 1.29 is 9.32 Å². The van der Waals surface area contributed by atoms with Crippen LogP contribution >= 0.6 is 0 Å². The number of hydrogen-bond acceptors (Lipinski definition) is 4. The molecule has 2 heterocycles. The van der Waals surface area contributed by atoms with E-state index in [0.29, 0.717) is 24.3 Å². The van der Waals surface area contributed by atoms with Crippen LogP contribution in [0.5, 0.6) is 0 Å². The van der Waals surface area contributed by atoms with Crippen LogP contribution in [0.4, 0.5) is 0 Å². The molecule has 4 rings (SSSR count). The van der Waals surface area contributed by atoms with Gasteiger partial charge in [0.05, 0.1) is 0 Å². The van der Waals surface area contributed by atoms with Crippen molar-refractivity contribution in [2.75, 3.05) is 0 Å². The number of aromatic nitrogens is 2. The standard InChI is InChI=1S/C19H23N3O2/c1-11(2)16(18-20-17(21-24-18)12(3)13-8-9-13)22-10-14-6-4-5-7-15(14)19(22)23/h4-7,11-13,16H,8-10H2,1-3H3/t12?,16-/m1/s1. The average molecular weight is 325 g/mol. The Hall–Kier alpha value is -2.17. The number of rotatable bonds is 5. The lowest BCUT2D eigenvalue weighted by Gasteiger charge is -2.27. The first kappa shape index (κ1) is 15.4. The molecule has 126 valence electrons. The van der Waals surface area contributed by atoms with Gasteiger partial charge >= 0.3 is 0 Å². The van der Waals surface area contributed by atoms with Gasteiger partial charge in [-0.3, -0.25) is 4.79 Å². The maximum atomic E-state index is 12.8. The maximum Gasteiger partial charge on any atom is 0.255 e. The second kappa shape index (κ2) is 5.72. The molecule has 24 heavy (non-hydrogen) atoms. The molecule has 2 aliphatic rings. The molecule has 1 amide bonds. The number of carbonyl (C=O) groups is 1. The lowest BCUT2D eigenvalue weighted by Crippen LogP contribution is -2.32. The third-order valence-electron chi connectivity index (χ3n) is 5.26. The maximum absolute atomic E-state index is 12.8. The van der Waals surface area contributed by atoms with E-state index in [2.05, 4.69) is 30.9 Å². The summed E-state index contributed by atoms with van der Waals surface area (Å²) in [5.74, 6) is 2.62. The highest BCUT2D eigenvalue weighted by Gasteiger charge is 2.39. The van der Waals surface area contributed by atoms with E-state index < -0.39 is 0 Å². The van der Waals surface area contributed by atoms with Crippen molar-refractivity contribution in [3.8, 4) is 0 Å². The zero-order valence-corrected chi connectivity index (χ0v) is 14.4. The molecule has 0 saturated heterocycles. The van der Waals surface area contributed by atoms with Crippen molar-refractivity contribution in [1.29, 1.82) is 0 Å². The first-order valence-corrected chi connectivity index (χ1v) is 8.78. The highest BCUT2D eigenvalue weighted by molar-refractivity contribution is 5.98. The molecule has 5 heteroatoms. The first-order chi connectivity index (χ1) is 11.6. The van der Waals surface area contributed by atoms with Crippen LogP contribution in [0.15, 0.2) is 28.8 Å². The predicted molar refractivity (Wildman–Crippen MR) is 89.3 cm³/mol. The molecule has 0 N–H and O–H groups in total. The average Bonchev–Trinajstić information content (AvgIpc) is 3.23. The molecule has 2 aromatic rings. The van der Waals surface area contributed by atoms with Gasteiger partial charge in [-0.1, -0.05) is 44.1 Å². The van der Waals surface area contributed by atoms with Crippen molar-refractivity contribution in [2.45, 2.75) is 52.1 Å². The molecule has 1 aliphatic carbocycles. The molecular formula is C19H23N3O2. The molecule has 1 aromatic heterocycles. The second-order valence-corrected chi connectivity index (χ2v) is 7.40. The SMILES string of the molecule is CC(c1noc([C@@H](C(C)C)N2Cc3ccccc3C2=O)n1)C1CC1. The minimum Gasteiger partial charge on any atom is -0.337 e. The number of amides is 1. The highest BCUT2D eigenvalue weighted by atomic mass is 16.5. The normalized spacial score (nSPS) is 19.7. The molecule has 1 unspecified atom stereocenters. The zero-order chi connectivity index (χ0) is 16.8. The summed E-state index contributed by atoms with van der Waals surface area (Å²) in [5.41, 5.74) is 1.86. The van der Waals surface area contributed by atoms with E-state index in [1.54, 1.807) is 0 Å². The Morgan fingerprint density at radius 1 is 1.21 bits per heavy atom. The van der Waals surface area contributed by atoms with Crippen molar-refractivity contribution >= 4 is 5.91 Å². The van der Waals surface area contributed by atoms with E-state index >= 15 is 0 Å². The van der Waals surface area contributed by atoms with Gasteiger partial charge in [-0.15, -0.1) is 0 Å². The Balaban J connectivity index is 1.63. The molecule has 1 aromatic carbocycles. The number of nitrogens with zero attached hydrogens (tertiary/aromatic N) is 3. The third-order valence-corrected chi connectivity index (χ3v) is 5.26. The van der Waals surface area contributed by atoms with Crippen LogP contribution < -0.4 is 0 Å². The van der Waals surface area contributed by atoms with Crippen LogP contribution in [0.1, 0.15) is 73.2 Å². The largest absolute Gasteiger partial charge is 0.337 e. The summed E-state index contributed by atoms with van der Waals surface area (Å²) >= 11 is 0. The van der Waals surface area contributed by atoms with Crippen molar-refractivity contribution in [2.24, 2.45) is 11.8 Å². The van der Waals surface area contributed by atoms with Crippen LogP contribution in [0.25, 0.3) is 0 Å². The number of hydrogen-bond donors (Lipinski definition) is 0. The van der Waals surface area contributed by atoms with E-state index in [4.69, 9.17) is 4.52 Å². The van der Waals surface area contributed by atoms with E-state index in [1.807, 2.05) is 29.2 Å². The van der Waals surface area contributed by atoms with Crippen LogP contribution in [-0.4, -0.2) is 20.9 Å². The summed E-state index contributed by atoms with van der Waals surface area (Å²) in [7, 11) is 0. The topological polar surface area (TPSA) is 59.2 Å². The Labute approximate surface area is 142 Å². The summed E-state index contributed by atoms with van der Waals surface area (Å²) in [6.45, 7) is 6.95. The Kier molecular flexibility index (Phi) is 3.66. The fourth-order valence-electron chi connectivity index (χ4n) is 3.64. The predicted octanol–water partition coefficient (Wildman–Crippen LogP) is 3.94. The van der Waals surface area contributed by atoms with Gasteiger partial charge in [0.25, 0.3) is 5.91 Å². The summed E-state index contributed by atoms with van der Waals surface area (Å²) in [6.07, 6.45) is 2.50. The monoisotopic (exact) mass is 325 g/mol. The van der Waals surface area contributed by atoms with Gasteiger partial charge in [0.2, 0.25) is 5.89 Å². The lowest BCUT2D eigenvalue weighted by molar-refractivity contribution is 0.0596. The van der Waals surface area contributed by atoms with E-state index in [-0.39, 0.29) is 17.9 Å². The highest BCUT2D eigenvalue weighted by Crippen LogP contribution is 2.42. The van der Waals surface area contributed by atoms with Crippen LogP contribution in [0, 0.1) is 11.8 Å². The fourth-order valence-corrected chi connectivity index (χ4v) is 3.64. The van der Waals surface area contributed by atoms with Gasteiger partial charge in [0, 0.05) is 18.0 Å². The zero-order valence-electron chi connectivity index (χ0n) is 14.4. The van der Waals surface area contributed by atoms with Crippen molar-refractivity contribution in [3.63, 3.8) is 0 Å². The van der Waals surface area contributed by atoms with Gasteiger partial charge < -0.3 is 9.42 Å². The van der Waals surface area contributed by atoms with Crippen LogP contribution in [0.2, 0.25) is 0 Å². The third kappa shape index (κ3) is 2.52. The molecule has 0 bridgehead atoms. The van der Waals surface area contributed by atoms with Crippen molar-refractivity contribution in [3.05, 3.63) is 47.1 Å². The Bertz CT molecular complexity index is 763. The van der Waals surface area contributed by atoms with Gasteiger partial charge in [-0.05, 0) is 36.3 Å². The van der Waals surface area contributed by atoms with Crippen LogP contribution in [0.3, 0.4) is 0 Å². The van der Waals surface area contributed by atoms with Gasteiger partial charge in [-0.25, -0.2) is 0 Å². The number of benzene rings is 1. The molecule has 1 fully saturated rings. The molecule has 1 aliphatic heterocycles. The summed E-state index contributed by atoms with van der Waals surface area (Å²) < 4.78 is 5.59. The minimum atomic E-state index is -0.183. The van der Waals surface area contributed by atoms with Gasteiger partial charge in [0.15, 0.2) is 5.82 Å². The lowest BCUT2D eigenvalue weighted by atomic mass is 10.0. The van der Waals surface area contributed by atoms with Gasteiger partial charge in [-0.2, -0.15) is 4.98 Å². The first-order valence-electron chi connectivity index (χ1n) is 8.78. The molecule has 2 atom stereocenters. The van der Waals surface area contributed by atoms with E-state index in [9.17, 15) is 4.79 Å². The minimum absolute atomic E-state index is 0.0549. The number of fused-ring (bicyclic) bond motifs is 1. The molecule has 1 saturated carbocycles. The summed E-state index contributed by atoms with van der Waals surface area (Å²) in [4.78, 5) is 19.3.